The minimum Gasteiger partial charge on any atom is -0.340 e. The quantitative estimate of drug-likeness (QED) is 0.776. The highest BCUT2D eigenvalue weighted by molar-refractivity contribution is 4.76. The first-order valence-electron chi connectivity index (χ1n) is 6.31. The summed E-state index contributed by atoms with van der Waals surface area (Å²) in [6.45, 7) is 4.44. The van der Waals surface area contributed by atoms with E-state index in [-0.39, 0.29) is 0 Å². The molecule has 1 saturated carbocycles. The molecule has 0 aliphatic heterocycles. The molecule has 90 valence electrons. The third-order valence-electron chi connectivity index (χ3n) is 3.49. The Bertz CT molecular complexity index is 278. The van der Waals surface area contributed by atoms with Crippen LogP contribution in [0.3, 0.4) is 0 Å². The minimum absolute atomic E-state index is 0.727. The van der Waals surface area contributed by atoms with E-state index in [1.165, 1.54) is 32.0 Å². The molecule has 4 heteroatoms. The Kier molecular flexibility index (Phi) is 4.34. The number of nitrogens with zero attached hydrogens (tertiary/aromatic N) is 2. The maximum atomic E-state index is 4.94. The van der Waals surface area contributed by atoms with Gasteiger partial charge >= 0.3 is 0 Å². The SMILES string of the molecule is CC1CCC(CNCCc2ncno2)CC1. The Hall–Kier alpha value is -0.900. The van der Waals surface area contributed by atoms with E-state index < -0.39 is 0 Å². The van der Waals surface area contributed by atoms with Crippen LogP contribution in [0.4, 0.5) is 0 Å². The Balaban J connectivity index is 1.55. The zero-order valence-corrected chi connectivity index (χ0v) is 9.98. The van der Waals surface area contributed by atoms with E-state index in [1.807, 2.05) is 0 Å². The second-order valence-electron chi connectivity index (χ2n) is 4.92. The number of rotatable bonds is 5. The fourth-order valence-electron chi connectivity index (χ4n) is 2.34. The van der Waals surface area contributed by atoms with Gasteiger partial charge in [-0.25, -0.2) is 0 Å². The molecule has 4 nitrogen and oxygen atoms in total. The summed E-state index contributed by atoms with van der Waals surface area (Å²) in [6, 6.07) is 0. The van der Waals surface area contributed by atoms with Crippen LogP contribution in [-0.4, -0.2) is 23.2 Å². The standard InChI is InChI=1S/C12H21N3O/c1-10-2-4-11(5-3-10)8-13-7-6-12-14-9-15-16-12/h9-11,13H,2-8H2,1H3. The smallest absolute Gasteiger partial charge is 0.227 e. The molecule has 1 aromatic heterocycles. The van der Waals surface area contributed by atoms with E-state index in [2.05, 4.69) is 22.4 Å². The van der Waals surface area contributed by atoms with Gasteiger partial charge < -0.3 is 9.84 Å². The van der Waals surface area contributed by atoms with Crippen molar-refractivity contribution < 1.29 is 4.52 Å². The van der Waals surface area contributed by atoms with Crippen LogP contribution in [0.1, 0.15) is 38.5 Å². The van der Waals surface area contributed by atoms with Crippen LogP contribution in [0.25, 0.3) is 0 Å². The average molecular weight is 223 g/mol. The van der Waals surface area contributed by atoms with Crippen molar-refractivity contribution in [1.82, 2.24) is 15.5 Å². The third kappa shape index (κ3) is 3.59. The third-order valence-corrected chi connectivity index (χ3v) is 3.49. The van der Waals surface area contributed by atoms with Crippen LogP contribution in [0.15, 0.2) is 10.9 Å². The monoisotopic (exact) mass is 223 g/mol. The van der Waals surface area contributed by atoms with Gasteiger partial charge in [0, 0.05) is 13.0 Å². The summed E-state index contributed by atoms with van der Waals surface area (Å²) in [7, 11) is 0. The zero-order chi connectivity index (χ0) is 11.2. The second kappa shape index (κ2) is 5.99. The minimum atomic E-state index is 0.727. The van der Waals surface area contributed by atoms with Crippen molar-refractivity contribution in [2.45, 2.75) is 39.0 Å². The lowest BCUT2D eigenvalue weighted by atomic mass is 9.83. The van der Waals surface area contributed by atoms with Gasteiger partial charge in [-0.15, -0.1) is 0 Å². The average Bonchev–Trinajstić information content (AvgIpc) is 2.80. The molecular weight excluding hydrogens is 202 g/mol. The molecule has 0 saturated heterocycles. The molecule has 1 N–H and O–H groups in total. The van der Waals surface area contributed by atoms with Gasteiger partial charge in [0.1, 0.15) is 0 Å². The molecule has 0 amide bonds. The van der Waals surface area contributed by atoms with Crippen molar-refractivity contribution >= 4 is 0 Å². The van der Waals surface area contributed by atoms with Crippen LogP contribution in [0.2, 0.25) is 0 Å². The van der Waals surface area contributed by atoms with Gasteiger partial charge in [-0.2, -0.15) is 4.98 Å². The van der Waals surface area contributed by atoms with Crippen molar-refractivity contribution in [3.05, 3.63) is 12.2 Å². The highest BCUT2D eigenvalue weighted by Crippen LogP contribution is 2.27. The lowest BCUT2D eigenvalue weighted by Crippen LogP contribution is -2.27. The van der Waals surface area contributed by atoms with Crippen LogP contribution >= 0.6 is 0 Å². The van der Waals surface area contributed by atoms with E-state index in [9.17, 15) is 0 Å². The fourth-order valence-corrected chi connectivity index (χ4v) is 2.34. The number of aromatic nitrogens is 2. The van der Waals surface area contributed by atoms with Crippen molar-refractivity contribution in [3.8, 4) is 0 Å². The number of hydrogen-bond acceptors (Lipinski definition) is 4. The van der Waals surface area contributed by atoms with Crippen LogP contribution < -0.4 is 5.32 Å². The van der Waals surface area contributed by atoms with E-state index in [4.69, 9.17) is 4.52 Å². The van der Waals surface area contributed by atoms with Crippen LogP contribution in [0, 0.1) is 11.8 Å². The van der Waals surface area contributed by atoms with Gasteiger partial charge in [-0.1, -0.05) is 24.9 Å². The maximum absolute atomic E-state index is 4.94. The molecule has 0 bridgehead atoms. The Morgan fingerprint density at radius 3 is 2.88 bits per heavy atom. The predicted octanol–water partition coefficient (Wildman–Crippen LogP) is 2.03. The lowest BCUT2D eigenvalue weighted by molar-refractivity contribution is 0.281. The molecule has 1 heterocycles. The first-order chi connectivity index (χ1) is 7.84. The normalized spacial score (nSPS) is 25.8. The highest BCUT2D eigenvalue weighted by atomic mass is 16.5. The Labute approximate surface area is 96.8 Å². The Morgan fingerprint density at radius 1 is 1.38 bits per heavy atom. The molecule has 1 aromatic rings. The van der Waals surface area contributed by atoms with Crippen molar-refractivity contribution in [3.63, 3.8) is 0 Å². The molecule has 0 aromatic carbocycles. The second-order valence-corrected chi connectivity index (χ2v) is 4.92. The molecule has 2 rings (SSSR count). The van der Waals surface area contributed by atoms with Crippen LogP contribution in [-0.2, 0) is 6.42 Å². The van der Waals surface area contributed by atoms with Crippen molar-refractivity contribution in [2.75, 3.05) is 13.1 Å². The van der Waals surface area contributed by atoms with E-state index >= 15 is 0 Å². The Morgan fingerprint density at radius 2 is 2.19 bits per heavy atom. The van der Waals surface area contributed by atoms with E-state index in [0.717, 1.165) is 37.2 Å². The van der Waals surface area contributed by atoms with Gasteiger partial charge in [0.2, 0.25) is 5.89 Å². The van der Waals surface area contributed by atoms with Crippen molar-refractivity contribution in [2.24, 2.45) is 11.8 Å². The number of hydrogen-bond donors (Lipinski definition) is 1. The molecule has 1 aliphatic carbocycles. The summed E-state index contributed by atoms with van der Waals surface area (Å²) in [6.07, 6.45) is 7.86. The molecule has 1 fully saturated rings. The summed E-state index contributed by atoms with van der Waals surface area (Å²) in [5, 5.41) is 7.07. The molecule has 0 radical (unpaired) electrons. The summed E-state index contributed by atoms with van der Waals surface area (Å²) in [4.78, 5) is 3.99. The molecular formula is C12H21N3O. The molecule has 0 unspecified atom stereocenters. The van der Waals surface area contributed by atoms with Gasteiger partial charge in [-0.3, -0.25) is 0 Å². The summed E-state index contributed by atoms with van der Waals surface area (Å²) < 4.78 is 4.94. The largest absolute Gasteiger partial charge is 0.340 e. The van der Waals surface area contributed by atoms with E-state index in [0.29, 0.717) is 0 Å². The summed E-state index contributed by atoms with van der Waals surface area (Å²) in [5.41, 5.74) is 0. The van der Waals surface area contributed by atoms with Gasteiger partial charge in [0.15, 0.2) is 6.33 Å². The highest BCUT2D eigenvalue weighted by Gasteiger charge is 2.17. The topological polar surface area (TPSA) is 51.0 Å². The van der Waals surface area contributed by atoms with Crippen molar-refractivity contribution in [1.29, 1.82) is 0 Å². The molecule has 16 heavy (non-hydrogen) atoms. The molecule has 1 aliphatic rings. The lowest BCUT2D eigenvalue weighted by Gasteiger charge is -2.26. The maximum Gasteiger partial charge on any atom is 0.227 e. The zero-order valence-electron chi connectivity index (χ0n) is 9.98. The van der Waals surface area contributed by atoms with E-state index in [1.54, 1.807) is 0 Å². The molecule has 0 spiro atoms. The number of nitrogens with one attached hydrogen (secondary N) is 1. The van der Waals surface area contributed by atoms with Gasteiger partial charge in [-0.05, 0) is 31.2 Å². The predicted molar refractivity (Wildman–Crippen MR) is 62.0 cm³/mol. The first kappa shape index (κ1) is 11.6. The van der Waals surface area contributed by atoms with Crippen LogP contribution in [0.5, 0.6) is 0 Å². The fraction of sp³-hybridized carbons (Fsp3) is 0.833. The summed E-state index contributed by atoms with van der Waals surface area (Å²) in [5.74, 6) is 2.54. The first-order valence-corrected chi connectivity index (χ1v) is 6.31. The summed E-state index contributed by atoms with van der Waals surface area (Å²) >= 11 is 0. The van der Waals surface area contributed by atoms with Gasteiger partial charge in [0.05, 0.1) is 0 Å². The molecule has 0 atom stereocenters. The van der Waals surface area contributed by atoms with Gasteiger partial charge in [0.25, 0.3) is 0 Å².